The SMILES string of the molecule is CCC(CN)C(=O)NCC(O)(CC)CC. The Bertz CT molecular complexity index is 187. The van der Waals surface area contributed by atoms with E-state index < -0.39 is 5.60 Å². The monoisotopic (exact) mass is 216 g/mol. The van der Waals surface area contributed by atoms with Crippen LogP contribution in [0.25, 0.3) is 0 Å². The van der Waals surface area contributed by atoms with Crippen LogP contribution in [0.1, 0.15) is 40.0 Å². The molecule has 0 bridgehead atoms. The van der Waals surface area contributed by atoms with Crippen molar-refractivity contribution >= 4 is 5.91 Å². The van der Waals surface area contributed by atoms with E-state index >= 15 is 0 Å². The van der Waals surface area contributed by atoms with Crippen LogP contribution in [0, 0.1) is 5.92 Å². The van der Waals surface area contributed by atoms with Crippen LogP contribution < -0.4 is 11.1 Å². The van der Waals surface area contributed by atoms with Crippen molar-refractivity contribution in [2.45, 2.75) is 45.6 Å². The van der Waals surface area contributed by atoms with Gasteiger partial charge in [0.1, 0.15) is 0 Å². The lowest BCUT2D eigenvalue weighted by Gasteiger charge is -2.26. The Labute approximate surface area is 92.2 Å². The first-order chi connectivity index (χ1) is 7.02. The molecule has 15 heavy (non-hydrogen) atoms. The van der Waals surface area contributed by atoms with Crippen LogP contribution in [0.5, 0.6) is 0 Å². The molecule has 4 nitrogen and oxygen atoms in total. The van der Waals surface area contributed by atoms with Crippen LogP contribution >= 0.6 is 0 Å². The molecule has 0 rings (SSSR count). The molecule has 0 radical (unpaired) electrons. The summed E-state index contributed by atoms with van der Waals surface area (Å²) in [6, 6.07) is 0. The molecular weight excluding hydrogens is 192 g/mol. The summed E-state index contributed by atoms with van der Waals surface area (Å²) < 4.78 is 0. The van der Waals surface area contributed by atoms with Gasteiger partial charge in [-0.25, -0.2) is 0 Å². The molecule has 4 N–H and O–H groups in total. The molecule has 0 spiro atoms. The summed E-state index contributed by atoms with van der Waals surface area (Å²) in [5.74, 6) is -0.191. The van der Waals surface area contributed by atoms with E-state index in [9.17, 15) is 9.90 Å². The highest BCUT2D eigenvalue weighted by Gasteiger charge is 2.24. The number of aliphatic hydroxyl groups is 1. The number of hydrogen-bond acceptors (Lipinski definition) is 3. The minimum Gasteiger partial charge on any atom is -0.388 e. The average Bonchev–Trinajstić information content (AvgIpc) is 2.27. The van der Waals surface area contributed by atoms with Gasteiger partial charge in [0.25, 0.3) is 0 Å². The Kier molecular flexibility index (Phi) is 6.52. The fraction of sp³-hybridized carbons (Fsp3) is 0.909. The van der Waals surface area contributed by atoms with Gasteiger partial charge in [-0.2, -0.15) is 0 Å². The Balaban J connectivity index is 4.08. The number of rotatable bonds is 7. The maximum absolute atomic E-state index is 11.6. The van der Waals surface area contributed by atoms with Gasteiger partial charge < -0.3 is 16.2 Å². The van der Waals surface area contributed by atoms with Crippen molar-refractivity contribution in [3.05, 3.63) is 0 Å². The second-order valence-electron chi connectivity index (χ2n) is 3.99. The highest BCUT2D eigenvalue weighted by atomic mass is 16.3. The van der Waals surface area contributed by atoms with Gasteiger partial charge in [-0.05, 0) is 19.3 Å². The molecule has 1 atom stereocenters. The summed E-state index contributed by atoms with van der Waals surface area (Å²) in [5.41, 5.74) is 4.69. The van der Waals surface area contributed by atoms with Gasteiger partial charge in [-0.1, -0.05) is 20.8 Å². The highest BCUT2D eigenvalue weighted by molar-refractivity contribution is 5.78. The number of carbonyl (C=O) groups excluding carboxylic acids is 1. The van der Waals surface area contributed by atoms with Gasteiger partial charge in [0.15, 0.2) is 0 Å². The van der Waals surface area contributed by atoms with E-state index in [1.807, 2.05) is 20.8 Å². The summed E-state index contributed by atoms with van der Waals surface area (Å²) >= 11 is 0. The van der Waals surface area contributed by atoms with Crippen molar-refractivity contribution < 1.29 is 9.90 Å². The minimum absolute atomic E-state index is 0.0553. The topological polar surface area (TPSA) is 75.4 Å². The smallest absolute Gasteiger partial charge is 0.224 e. The zero-order chi connectivity index (χ0) is 11.9. The standard InChI is InChI=1S/C11H24N2O2/c1-4-9(7-12)10(14)13-8-11(15,5-2)6-3/h9,15H,4-8,12H2,1-3H3,(H,13,14). The fourth-order valence-corrected chi connectivity index (χ4v) is 1.36. The van der Waals surface area contributed by atoms with Crippen molar-refractivity contribution in [2.75, 3.05) is 13.1 Å². The summed E-state index contributed by atoms with van der Waals surface area (Å²) in [6.45, 7) is 6.43. The van der Waals surface area contributed by atoms with Gasteiger partial charge in [-0.3, -0.25) is 4.79 Å². The molecule has 0 aromatic heterocycles. The molecule has 0 heterocycles. The lowest BCUT2D eigenvalue weighted by molar-refractivity contribution is -0.126. The third kappa shape index (κ3) is 4.62. The van der Waals surface area contributed by atoms with E-state index in [4.69, 9.17) is 5.73 Å². The second-order valence-corrected chi connectivity index (χ2v) is 3.99. The zero-order valence-corrected chi connectivity index (χ0v) is 10.0. The van der Waals surface area contributed by atoms with E-state index in [1.54, 1.807) is 0 Å². The second kappa shape index (κ2) is 6.80. The van der Waals surface area contributed by atoms with E-state index in [2.05, 4.69) is 5.32 Å². The third-order valence-corrected chi connectivity index (χ3v) is 3.06. The maximum atomic E-state index is 11.6. The minimum atomic E-state index is -0.775. The van der Waals surface area contributed by atoms with Crippen LogP contribution in [-0.4, -0.2) is 29.7 Å². The van der Waals surface area contributed by atoms with Crippen LogP contribution in [0.2, 0.25) is 0 Å². The molecule has 90 valence electrons. The lowest BCUT2D eigenvalue weighted by atomic mass is 9.97. The van der Waals surface area contributed by atoms with Crippen molar-refractivity contribution in [3.63, 3.8) is 0 Å². The zero-order valence-electron chi connectivity index (χ0n) is 10.0. The first-order valence-electron chi connectivity index (χ1n) is 5.73. The van der Waals surface area contributed by atoms with Gasteiger partial charge in [0, 0.05) is 19.0 Å². The average molecular weight is 216 g/mol. The maximum Gasteiger partial charge on any atom is 0.224 e. The van der Waals surface area contributed by atoms with Gasteiger partial charge in [-0.15, -0.1) is 0 Å². The summed E-state index contributed by atoms with van der Waals surface area (Å²) in [6.07, 6.45) is 2.02. The lowest BCUT2D eigenvalue weighted by Crippen LogP contribution is -2.45. The Morgan fingerprint density at radius 3 is 2.27 bits per heavy atom. The van der Waals surface area contributed by atoms with Gasteiger partial charge >= 0.3 is 0 Å². The molecule has 0 aromatic rings. The van der Waals surface area contributed by atoms with Crippen LogP contribution in [0.15, 0.2) is 0 Å². The highest BCUT2D eigenvalue weighted by Crippen LogP contribution is 2.13. The molecule has 0 fully saturated rings. The first kappa shape index (κ1) is 14.4. The van der Waals surface area contributed by atoms with Gasteiger partial charge in [0.2, 0.25) is 5.91 Å². The number of amides is 1. The summed E-state index contributed by atoms with van der Waals surface area (Å²) in [4.78, 5) is 11.6. The molecule has 0 saturated heterocycles. The van der Waals surface area contributed by atoms with E-state index in [0.29, 0.717) is 25.9 Å². The predicted octanol–water partition coefficient (Wildman–Crippen LogP) is 0.639. The van der Waals surface area contributed by atoms with Crippen molar-refractivity contribution in [1.82, 2.24) is 5.32 Å². The predicted molar refractivity (Wildman–Crippen MR) is 61.4 cm³/mol. The Morgan fingerprint density at radius 1 is 1.40 bits per heavy atom. The van der Waals surface area contributed by atoms with Gasteiger partial charge in [0.05, 0.1) is 5.60 Å². The fourth-order valence-electron chi connectivity index (χ4n) is 1.36. The number of carbonyl (C=O) groups is 1. The number of hydrogen-bond donors (Lipinski definition) is 3. The van der Waals surface area contributed by atoms with Crippen LogP contribution in [0.4, 0.5) is 0 Å². The van der Waals surface area contributed by atoms with Crippen molar-refractivity contribution in [3.8, 4) is 0 Å². The van der Waals surface area contributed by atoms with Crippen LogP contribution in [-0.2, 0) is 4.79 Å². The van der Waals surface area contributed by atoms with Crippen molar-refractivity contribution in [1.29, 1.82) is 0 Å². The molecule has 1 unspecified atom stereocenters. The van der Waals surface area contributed by atoms with E-state index in [-0.39, 0.29) is 11.8 Å². The first-order valence-corrected chi connectivity index (χ1v) is 5.73. The number of nitrogens with two attached hydrogens (primary N) is 1. The normalized spacial score (nSPS) is 13.7. The molecule has 0 aliphatic rings. The van der Waals surface area contributed by atoms with E-state index in [0.717, 1.165) is 6.42 Å². The molecule has 0 aromatic carbocycles. The molecule has 0 aliphatic heterocycles. The molecule has 0 saturated carbocycles. The largest absolute Gasteiger partial charge is 0.388 e. The summed E-state index contributed by atoms with van der Waals surface area (Å²) in [5, 5.41) is 12.7. The molecule has 0 aliphatic carbocycles. The third-order valence-electron chi connectivity index (χ3n) is 3.06. The Morgan fingerprint density at radius 2 is 1.93 bits per heavy atom. The molecule has 1 amide bonds. The quantitative estimate of drug-likeness (QED) is 0.584. The molecular formula is C11H24N2O2. The van der Waals surface area contributed by atoms with E-state index in [1.165, 1.54) is 0 Å². The molecule has 4 heteroatoms. The van der Waals surface area contributed by atoms with Crippen molar-refractivity contribution in [2.24, 2.45) is 11.7 Å². The summed E-state index contributed by atoms with van der Waals surface area (Å²) in [7, 11) is 0. The Hall–Kier alpha value is -0.610. The number of nitrogens with one attached hydrogen (secondary N) is 1. The van der Waals surface area contributed by atoms with Crippen LogP contribution in [0.3, 0.4) is 0 Å².